The molecule has 0 spiro atoms. The van der Waals surface area contributed by atoms with Crippen LogP contribution in [0.4, 0.5) is 8.78 Å². The molecule has 1 aromatic rings. The van der Waals surface area contributed by atoms with Crippen LogP contribution >= 0.6 is 0 Å². The molecule has 14 heavy (non-hydrogen) atoms. The zero-order chi connectivity index (χ0) is 10.7. The number of rotatable bonds is 3. The van der Waals surface area contributed by atoms with Crippen molar-refractivity contribution in [3.8, 4) is 5.75 Å². The molecule has 0 radical (unpaired) electrons. The van der Waals surface area contributed by atoms with E-state index in [0.29, 0.717) is 0 Å². The summed E-state index contributed by atoms with van der Waals surface area (Å²) in [6.07, 6.45) is -0.293. The van der Waals surface area contributed by atoms with Crippen molar-refractivity contribution in [2.45, 2.75) is 26.6 Å². The molecular formula is C10H12F2O2. The largest absolute Gasteiger partial charge is 0.485 e. The molecule has 0 atom stereocenters. The first-order valence-electron chi connectivity index (χ1n) is 4.30. The maximum Gasteiger partial charge on any atom is 0.191 e. The molecule has 0 aromatic heterocycles. The number of hydrogen-bond donors (Lipinski definition) is 1. The van der Waals surface area contributed by atoms with E-state index < -0.39 is 24.0 Å². The van der Waals surface area contributed by atoms with Crippen LogP contribution in [-0.2, 0) is 6.61 Å². The molecule has 0 unspecified atom stereocenters. The topological polar surface area (TPSA) is 29.5 Å². The Balaban J connectivity index is 3.05. The monoisotopic (exact) mass is 202 g/mol. The Hall–Kier alpha value is -1.16. The van der Waals surface area contributed by atoms with Crippen LogP contribution in [0.25, 0.3) is 0 Å². The molecule has 0 amide bonds. The zero-order valence-corrected chi connectivity index (χ0v) is 8.05. The first kappa shape index (κ1) is 10.9. The van der Waals surface area contributed by atoms with Gasteiger partial charge in [-0.1, -0.05) is 0 Å². The average molecular weight is 202 g/mol. The molecule has 1 rings (SSSR count). The average Bonchev–Trinajstić information content (AvgIpc) is 2.10. The van der Waals surface area contributed by atoms with Crippen molar-refractivity contribution in [3.63, 3.8) is 0 Å². The van der Waals surface area contributed by atoms with E-state index in [1.165, 1.54) is 0 Å². The van der Waals surface area contributed by atoms with Gasteiger partial charge in [-0.15, -0.1) is 0 Å². The molecular weight excluding hydrogens is 190 g/mol. The molecule has 78 valence electrons. The molecule has 0 aliphatic rings. The Morgan fingerprint density at radius 3 is 2.14 bits per heavy atom. The molecule has 1 N–H and O–H groups in total. The van der Waals surface area contributed by atoms with Gasteiger partial charge in [-0.3, -0.25) is 0 Å². The number of aliphatic hydroxyl groups is 1. The van der Waals surface area contributed by atoms with Gasteiger partial charge in [-0.25, -0.2) is 8.78 Å². The highest BCUT2D eigenvalue weighted by Gasteiger charge is 2.13. The zero-order valence-electron chi connectivity index (χ0n) is 8.05. The second-order valence-corrected chi connectivity index (χ2v) is 3.21. The third-order valence-electron chi connectivity index (χ3n) is 1.59. The van der Waals surface area contributed by atoms with Gasteiger partial charge in [0.05, 0.1) is 12.7 Å². The number of ether oxygens (including phenoxy) is 1. The van der Waals surface area contributed by atoms with E-state index in [0.717, 1.165) is 12.1 Å². The number of hydrogen-bond acceptors (Lipinski definition) is 2. The Kier molecular flexibility index (Phi) is 3.41. The highest BCUT2D eigenvalue weighted by molar-refractivity contribution is 5.31. The lowest BCUT2D eigenvalue weighted by Crippen LogP contribution is -2.09. The minimum absolute atomic E-state index is 0.191. The number of benzene rings is 1. The van der Waals surface area contributed by atoms with Crippen LogP contribution in [0.15, 0.2) is 12.1 Å². The van der Waals surface area contributed by atoms with E-state index >= 15 is 0 Å². The lowest BCUT2D eigenvalue weighted by atomic mass is 10.2. The van der Waals surface area contributed by atoms with Crippen molar-refractivity contribution in [1.29, 1.82) is 0 Å². The Morgan fingerprint density at radius 2 is 1.79 bits per heavy atom. The van der Waals surface area contributed by atoms with Crippen molar-refractivity contribution in [1.82, 2.24) is 0 Å². The Labute approximate surface area is 81.1 Å². The molecule has 0 aliphatic heterocycles. The third kappa shape index (κ3) is 2.42. The van der Waals surface area contributed by atoms with Gasteiger partial charge in [0.25, 0.3) is 0 Å². The van der Waals surface area contributed by atoms with E-state index in [-0.39, 0.29) is 11.7 Å². The van der Waals surface area contributed by atoms with E-state index in [4.69, 9.17) is 9.84 Å². The van der Waals surface area contributed by atoms with Gasteiger partial charge in [0.2, 0.25) is 0 Å². The summed E-state index contributed by atoms with van der Waals surface area (Å²) in [7, 11) is 0. The normalized spacial score (nSPS) is 10.7. The van der Waals surface area contributed by atoms with Crippen LogP contribution in [-0.4, -0.2) is 11.2 Å². The third-order valence-corrected chi connectivity index (χ3v) is 1.59. The minimum Gasteiger partial charge on any atom is -0.485 e. The number of halogens is 2. The second-order valence-electron chi connectivity index (χ2n) is 3.21. The van der Waals surface area contributed by atoms with E-state index in [9.17, 15) is 8.78 Å². The van der Waals surface area contributed by atoms with Crippen molar-refractivity contribution < 1.29 is 18.6 Å². The van der Waals surface area contributed by atoms with E-state index in [1.807, 2.05) is 0 Å². The van der Waals surface area contributed by atoms with Crippen molar-refractivity contribution in [2.24, 2.45) is 0 Å². The summed E-state index contributed by atoms with van der Waals surface area (Å²) < 4.78 is 31.3. The first-order chi connectivity index (χ1) is 6.54. The molecule has 0 saturated carbocycles. The summed E-state index contributed by atoms with van der Waals surface area (Å²) in [6.45, 7) is 2.97. The first-order valence-corrected chi connectivity index (χ1v) is 4.30. The summed E-state index contributed by atoms with van der Waals surface area (Å²) >= 11 is 0. The van der Waals surface area contributed by atoms with E-state index in [1.54, 1.807) is 13.8 Å². The summed E-state index contributed by atoms with van der Waals surface area (Å²) in [6, 6.07) is 2.11. The summed E-state index contributed by atoms with van der Waals surface area (Å²) in [5.74, 6) is -1.97. The fourth-order valence-electron chi connectivity index (χ4n) is 1.05. The Bertz CT molecular complexity index is 301. The maximum atomic E-state index is 13.2. The Morgan fingerprint density at radius 1 is 1.29 bits per heavy atom. The van der Waals surface area contributed by atoms with Gasteiger partial charge < -0.3 is 9.84 Å². The van der Waals surface area contributed by atoms with Gasteiger partial charge in [0.15, 0.2) is 17.4 Å². The summed E-state index contributed by atoms with van der Waals surface area (Å²) in [5, 5.41) is 8.69. The summed E-state index contributed by atoms with van der Waals surface area (Å²) in [4.78, 5) is 0. The molecule has 0 fully saturated rings. The number of aliphatic hydroxyl groups excluding tert-OH is 1. The minimum atomic E-state index is -0.789. The van der Waals surface area contributed by atoms with Crippen LogP contribution in [0.3, 0.4) is 0 Å². The van der Waals surface area contributed by atoms with Crippen LogP contribution in [0.1, 0.15) is 19.4 Å². The highest BCUT2D eigenvalue weighted by atomic mass is 19.1. The fraction of sp³-hybridized carbons (Fsp3) is 0.400. The smallest absolute Gasteiger partial charge is 0.191 e. The fourth-order valence-corrected chi connectivity index (χ4v) is 1.05. The van der Waals surface area contributed by atoms with Crippen molar-refractivity contribution in [2.75, 3.05) is 0 Å². The van der Waals surface area contributed by atoms with Gasteiger partial charge in [-0.05, 0) is 31.5 Å². The van der Waals surface area contributed by atoms with Crippen molar-refractivity contribution >= 4 is 0 Å². The van der Waals surface area contributed by atoms with Gasteiger partial charge in [0.1, 0.15) is 0 Å². The van der Waals surface area contributed by atoms with Gasteiger partial charge in [0, 0.05) is 0 Å². The quantitative estimate of drug-likeness (QED) is 0.814. The maximum absolute atomic E-state index is 13.2. The molecule has 2 nitrogen and oxygen atoms in total. The van der Waals surface area contributed by atoms with Crippen LogP contribution in [0, 0.1) is 11.6 Å². The predicted molar refractivity (Wildman–Crippen MR) is 48.0 cm³/mol. The van der Waals surface area contributed by atoms with E-state index in [2.05, 4.69) is 0 Å². The van der Waals surface area contributed by atoms with Crippen LogP contribution in [0.5, 0.6) is 5.75 Å². The molecule has 0 aliphatic carbocycles. The van der Waals surface area contributed by atoms with Gasteiger partial charge in [-0.2, -0.15) is 0 Å². The second kappa shape index (κ2) is 4.37. The lowest BCUT2D eigenvalue weighted by molar-refractivity contribution is 0.218. The highest BCUT2D eigenvalue weighted by Crippen LogP contribution is 2.24. The predicted octanol–water partition coefficient (Wildman–Crippen LogP) is 2.24. The molecule has 0 bridgehead atoms. The SMILES string of the molecule is CC(C)Oc1c(F)cc(CO)cc1F. The van der Waals surface area contributed by atoms with Crippen LogP contribution < -0.4 is 4.74 Å². The molecule has 0 saturated heterocycles. The summed E-state index contributed by atoms with van der Waals surface area (Å²) in [5.41, 5.74) is 0.191. The molecule has 4 heteroatoms. The lowest BCUT2D eigenvalue weighted by Gasteiger charge is -2.12. The molecule has 1 aromatic carbocycles. The standard InChI is InChI=1S/C10H12F2O2/c1-6(2)14-10-8(11)3-7(5-13)4-9(10)12/h3-4,6,13H,5H2,1-2H3. The van der Waals surface area contributed by atoms with Gasteiger partial charge >= 0.3 is 0 Å². The molecule has 0 heterocycles. The van der Waals surface area contributed by atoms with Crippen molar-refractivity contribution in [3.05, 3.63) is 29.3 Å². The van der Waals surface area contributed by atoms with Crippen LogP contribution in [0.2, 0.25) is 0 Å².